The van der Waals surface area contributed by atoms with Crippen LogP contribution >= 0.6 is 0 Å². The number of aromatic nitrogens is 2. The SMILES string of the molecule is COc1cccc(C(=O)Nc2cccc(-c3ccnn3C)c2OCC(N)C(C)C)c1. The molecule has 1 aromatic heterocycles. The smallest absolute Gasteiger partial charge is 0.255 e. The zero-order valence-electron chi connectivity index (χ0n) is 17.8. The summed E-state index contributed by atoms with van der Waals surface area (Å²) in [6.07, 6.45) is 1.72. The fourth-order valence-corrected chi connectivity index (χ4v) is 2.96. The zero-order chi connectivity index (χ0) is 21.7. The molecule has 2 aromatic carbocycles. The topological polar surface area (TPSA) is 91.4 Å². The summed E-state index contributed by atoms with van der Waals surface area (Å²) in [5.41, 5.74) is 8.96. The van der Waals surface area contributed by atoms with Crippen molar-refractivity contribution in [3.05, 3.63) is 60.3 Å². The van der Waals surface area contributed by atoms with Gasteiger partial charge in [0.1, 0.15) is 12.4 Å². The van der Waals surface area contributed by atoms with Crippen molar-refractivity contribution in [2.45, 2.75) is 19.9 Å². The second kappa shape index (κ2) is 9.45. The molecule has 3 N–H and O–H groups in total. The van der Waals surface area contributed by atoms with Crippen LogP contribution in [-0.4, -0.2) is 35.4 Å². The van der Waals surface area contributed by atoms with E-state index >= 15 is 0 Å². The average molecular weight is 409 g/mol. The second-order valence-electron chi connectivity index (χ2n) is 7.43. The number of amides is 1. The quantitative estimate of drug-likeness (QED) is 0.593. The third-order valence-electron chi connectivity index (χ3n) is 4.97. The molecule has 0 spiro atoms. The van der Waals surface area contributed by atoms with Gasteiger partial charge in [0.15, 0.2) is 5.75 Å². The molecule has 1 heterocycles. The van der Waals surface area contributed by atoms with Crippen molar-refractivity contribution >= 4 is 11.6 Å². The van der Waals surface area contributed by atoms with Gasteiger partial charge in [0.25, 0.3) is 5.91 Å². The Kier molecular flexibility index (Phi) is 6.74. The number of benzene rings is 2. The van der Waals surface area contributed by atoms with Crippen LogP contribution in [0.1, 0.15) is 24.2 Å². The number of aryl methyl sites for hydroxylation is 1. The number of hydrogen-bond donors (Lipinski definition) is 2. The third-order valence-corrected chi connectivity index (χ3v) is 4.97. The normalized spacial score (nSPS) is 11.9. The maximum absolute atomic E-state index is 12.9. The Morgan fingerprint density at radius 3 is 2.63 bits per heavy atom. The van der Waals surface area contributed by atoms with E-state index in [4.69, 9.17) is 15.2 Å². The first-order chi connectivity index (χ1) is 14.4. The van der Waals surface area contributed by atoms with Crippen LogP contribution in [0, 0.1) is 5.92 Å². The van der Waals surface area contributed by atoms with Gasteiger partial charge in [-0.2, -0.15) is 5.10 Å². The van der Waals surface area contributed by atoms with E-state index in [1.165, 1.54) is 0 Å². The standard InChI is InChI=1S/C23H28N4O3/c1-15(2)19(24)14-30-22-18(21-11-12-25-27(21)3)9-6-10-20(22)26-23(28)16-7-5-8-17(13-16)29-4/h5-13,15,19H,14,24H2,1-4H3,(H,26,28). The largest absolute Gasteiger partial charge is 0.497 e. The Bertz CT molecular complexity index is 1010. The van der Waals surface area contributed by atoms with Gasteiger partial charge >= 0.3 is 0 Å². The van der Waals surface area contributed by atoms with Crippen molar-refractivity contribution < 1.29 is 14.3 Å². The summed E-state index contributed by atoms with van der Waals surface area (Å²) < 4.78 is 13.1. The number of nitrogens with one attached hydrogen (secondary N) is 1. The van der Waals surface area contributed by atoms with Crippen molar-refractivity contribution in [1.82, 2.24) is 9.78 Å². The summed E-state index contributed by atoms with van der Waals surface area (Å²) in [6, 6.07) is 14.4. The molecule has 7 heteroatoms. The minimum absolute atomic E-state index is 0.133. The molecule has 0 saturated heterocycles. The Balaban J connectivity index is 1.96. The van der Waals surface area contributed by atoms with Gasteiger partial charge in [-0.3, -0.25) is 9.48 Å². The van der Waals surface area contributed by atoms with Crippen LogP contribution in [0.25, 0.3) is 11.3 Å². The van der Waals surface area contributed by atoms with Crippen molar-refractivity contribution in [2.75, 3.05) is 19.0 Å². The van der Waals surface area contributed by atoms with Crippen LogP contribution in [-0.2, 0) is 7.05 Å². The maximum Gasteiger partial charge on any atom is 0.255 e. The molecule has 1 unspecified atom stereocenters. The Hall–Kier alpha value is -3.32. The lowest BCUT2D eigenvalue weighted by Gasteiger charge is -2.21. The van der Waals surface area contributed by atoms with Gasteiger partial charge in [-0.25, -0.2) is 0 Å². The van der Waals surface area contributed by atoms with E-state index in [0.29, 0.717) is 29.4 Å². The van der Waals surface area contributed by atoms with Gasteiger partial charge in [-0.05, 0) is 42.3 Å². The molecular formula is C23H28N4O3. The molecule has 30 heavy (non-hydrogen) atoms. The van der Waals surface area contributed by atoms with Crippen molar-refractivity contribution in [1.29, 1.82) is 0 Å². The predicted molar refractivity (Wildman–Crippen MR) is 118 cm³/mol. The van der Waals surface area contributed by atoms with Gasteiger partial charge in [-0.15, -0.1) is 0 Å². The fourth-order valence-electron chi connectivity index (χ4n) is 2.96. The Morgan fingerprint density at radius 2 is 1.97 bits per heavy atom. The van der Waals surface area contributed by atoms with Crippen molar-refractivity contribution in [3.8, 4) is 22.8 Å². The van der Waals surface area contributed by atoms with Gasteiger partial charge < -0.3 is 20.5 Å². The molecule has 3 aromatic rings. The lowest BCUT2D eigenvalue weighted by molar-refractivity contribution is 0.102. The number of ether oxygens (including phenoxy) is 2. The van der Waals surface area contributed by atoms with Gasteiger partial charge in [0.05, 0.1) is 18.5 Å². The monoisotopic (exact) mass is 408 g/mol. The predicted octanol–water partition coefficient (Wildman–Crippen LogP) is 3.71. The molecule has 1 amide bonds. The molecule has 0 aliphatic carbocycles. The number of carbonyl (C=O) groups is 1. The summed E-state index contributed by atoms with van der Waals surface area (Å²) in [4.78, 5) is 12.9. The first-order valence-electron chi connectivity index (χ1n) is 9.86. The summed E-state index contributed by atoms with van der Waals surface area (Å²) in [7, 11) is 3.43. The van der Waals surface area contributed by atoms with Gasteiger partial charge in [0.2, 0.25) is 0 Å². The highest BCUT2D eigenvalue weighted by atomic mass is 16.5. The molecule has 0 radical (unpaired) electrons. The van der Waals surface area contributed by atoms with E-state index in [-0.39, 0.29) is 17.9 Å². The minimum Gasteiger partial charge on any atom is -0.497 e. The van der Waals surface area contributed by atoms with Crippen LogP contribution < -0.4 is 20.5 Å². The Labute approximate surface area is 176 Å². The summed E-state index contributed by atoms with van der Waals surface area (Å²) in [6.45, 7) is 4.42. The number of hydrogen-bond acceptors (Lipinski definition) is 5. The summed E-state index contributed by atoms with van der Waals surface area (Å²) in [5, 5.41) is 7.21. The number of nitrogens with two attached hydrogens (primary N) is 1. The highest BCUT2D eigenvalue weighted by Gasteiger charge is 2.19. The molecule has 0 fully saturated rings. The first-order valence-corrected chi connectivity index (χ1v) is 9.86. The average Bonchev–Trinajstić information content (AvgIpc) is 3.17. The minimum atomic E-state index is -0.255. The lowest BCUT2D eigenvalue weighted by atomic mass is 10.1. The second-order valence-corrected chi connectivity index (χ2v) is 7.43. The van der Waals surface area contributed by atoms with Crippen LogP contribution in [0.3, 0.4) is 0 Å². The Morgan fingerprint density at radius 1 is 1.20 bits per heavy atom. The maximum atomic E-state index is 12.9. The van der Waals surface area contributed by atoms with E-state index < -0.39 is 0 Å². The van der Waals surface area contributed by atoms with E-state index in [0.717, 1.165) is 11.3 Å². The highest BCUT2D eigenvalue weighted by Crippen LogP contribution is 2.37. The van der Waals surface area contributed by atoms with Gasteiger partial charge in [0, 0.05) is 30.4 Å². The molecule has 1 atom stereocenters. The highest BCUT2D eigenvalue weighted by molar-refractivity contribution is 6.05. The molecular weight excluding hydrogens is 380 g/mol. The van der Waals surface area contributed by atoms with E-state index in [9.17, 15) is 4.79 Å². The van der Waals surface area contributed by atoms with Crippen molar-refractivity contribution in [2.24, 2.45) is 18.7 Å². The molecule has 7 nitrogen and oxygen atoms in total. The number of anilines is 1. The number of para-hydroxylation sites is 1. The zero-order valence-corrected chi connectivity index (χ0v) is 17.8. The molecule has 0 aliphatic rings. The molecule has 158 valence electrons. The van der Waals surface area contributed by atoms with Crippen LogP contribution in [0.2, 0.25) is 0 Å². The summed E-state index contributed by atoms with van der Waals surface area (Å²) in [5.74, 6) is 1.19. The van der Waals surface area contributed by atoms with Crippen LogP contribution in [0.15, 0.2) is 54.7 Å². The van der Waals surface area contributed by atoms with Crippen LogP contribution in [0.5, 0.6) is 11.5 Å². The first kappa shape index (κ1) is 21.4. The lowest BCUT2D eigenvalue weighted by Crippen LogP contribution is -2.33. The van der Waals surface area contributed by atoms with E-state index in [1.54, 1.807) is 42.3 Å². The third kappa shape index (κ3) is 4.80. The number of carbonyl (C=O) groups excluding carboxylic acids is 1. The molecule has 0 bridgehead atoms. The molecule has 3 rings (SSSR count). The van der Waals surface area contributed by atoms with E-state index in [1.807, 2.05) is 45.2 Å². The number of methoxy groups -OCH3 is 1. The van der Waals surface area contributed by atoms with Crippen molar-refractivity contribution in [3.63, 3.8) is 0 Å². The van der Waals surface area contributed by atoms with E-state index in [2.05, 4.69) is 10.4 Å². The van der Waals surface area contributed by atoms with Crippen LogP contribution in [0.4, 0.5) is 5.69 Å². The number of rotatable bonds is 8. The van der Waals surface area contributed by atoms with Gasteiger partial charge in [-0.1, -0.05) is 26.0 Å². The number of nitrogens with zero attached hydrogens (tertiary/aromatic N) is 2. The fraction of sp³-hybridized carbons (Fsp3) is 0.304. The summed E-state index contributed by atoms with van der Waals surface area (Å²) >= 11 is 0. The molecule has 0 aliphatic heterocycles. The molecule has 0 saturated carbocycles.